The number of rotatable bonds is 6. The van der Waals surface area contributed by atoms with Crippen LogP contribution in [0.3, 0.4) is 0 Å². The molecule has 10 heteroatoms. The van der Waals surface area contributed by atoms with E-state index in [0.717, 1.165) is 10.3 Å². The molecule has 2 aromatic heterocycles. The van der Waals surface area contributed by atoms with Crippen molar-refractivity contribution in [3.8, 4) is 5.69 Å². The molecule has 0 fully saturated rings. The maximum atomic E-state index is 13.5. The second-order valence-corrected chi connectivity index (χ2v) is 6.64. The number of aromatic nitrogens is 4. The molecule has 3 rings (SSSR count). The van der Waals surface area contributed by atoms with Gasteiger partial charge in [-0.25, -0.2) is 9.67 Å². The van der Waals surface area contributed by atoms with Gasteiger partial charge in [-0.1, -0.05) is 18.2 Å². The van der Waals surface area contributed by atoms with Crippen molar-refractivity contribution < 1.29 is 23.1 Å². The molecule has 2 heterocycles. The number of nitrogens with one attached hydrogen (secondary N) is 1. The number of halogens is 3. The summed E-state index contributed by atoms with van der Waals surface area (Å²) in [6.07, 6.45) is -3.26. The Hall–Kier alpha value is -3.14. The van der Waals surface area contributed by atoms with Crippen LogP contribution < -0.4 is 5.32 Å². The van der Waals surface area contributed by atoms with E-state index in [1.807, 2.05) is 30.3 Å². The number of hydrogen-bond donors (Lipinski definition) is 2. The molecular weight excluding hydrogens is 387 g/mol. The van der Waals surface area contributed by atoms with Crippen LogP contribution in [0.1, 0.15) is 28.4 Å². The number of aryl methyl sites for hydroxylation is 2. The number of carbonyl (C=O) groups excluding carboxylic acids is 1. The first kappa shape index (κ1) is 20.6. The van der Waals surface area contributed by atoms with Crippen molar-refractivity contribution in [3.63, 3.8) is 0 Å². The molecule has 7 nitrogen and oxygen atoms in total. The Balaban J connectivity index is 1.71. The van der Waals surface area contributed by atoms with E-state index >= 15 is 0 Å². The second-order valence-electron chi connectivity index (χ2n) is 6.64. The van der Waals surface area contributed by atoms with Crippen molar-refractivity contribution in [2.45, 2.75) is 25.1 Å². The highest BCUT2D eigenvalue weighted by Gasteiger charge is 2.57. The molecule has 1 aromatic carbocycles. The molecule has 154 valence electrons. The Morgan fingerprint density at radius 3 is 2.52 bits per heavy atom. The van der Waals surface area contributed by atoms with Crippen LogP contribution in [0.4, 0.5) is 13.2 Å². The highest BCUT2D eigenvalue weighted by molar-refractivity contribution is 5.92. The zero-order valence-electron chi connectivity index (χ0n) is 15.8. The molecule has 1 amide bonds. The van der Waals surface area contributed by atoms with Gasteiger partial charge in [0.2, 0.25) is 5.60 Å². The van der Waals surface area contributed by atoms with Gasteiger partial charge in [0.15, 0.2) is 5.69 Å². The summed E-state index contributed by atoms with van der Waals surface area (Å²) in [7, 11) is 1.36. The van der Waals surface area contributed by atoms with Crippen LogP contribution in [0.25, 0.3) is 5.69 Å². The van der Waals surface area contributed by atoms with Crippen molar-refractivity contribution in [3.05, 3.63) is 66.0 Å². The lowest BCUT2D eigenvalue weighted by Gasteiger charge is -2.29. The number of para-hydroxylation sites is 1. The monoisotopic (exact) mass is 407 g/mol. The fourth-order valence-electron chi connectivity index (χ4n) is 3.01. The third-order valence-corrected chi connectivity index (χ3v) is 4.55. The average Bonchev–Trinajstić information content (AvgIpc) is 3.27. The van der Waals surface area contributed by atoms with Gasteiger partial charge in [0.1, 0.15) is 5.82 Å². The molecule has 1 atom stereocenters. The van der Waals surface area contributed by atoms with Crippen LogP contribution in [-0.2, 0) is 12.6 Å². The average molecular weight is 407 g/mol. The summed E-state index contributed by atoms with van der Waals surface area (Å²) in [5, 5.41) is 16.9. The van der Waals surface area contributed by atoms with Crippen LogP contribution in [0.5, 0.6) is 0 Å². The van der Waals surface area contributed by atoms with Gasteiger partial charge in [0, 0.05) is 38.1 Å². The number of nitrogens with zero attached hydrogens (tertiary/aromatic N) is 4. The van der Waals surface area contributed by atoms with E-state index in [4.69, 9.17) is 0 Å². The van der Waals surface area contributed by atoms with Crippen molar-refractivity contribution in [2.24, 2.45) is 7.05 Å². The summed E-state index contributed by atoms with van der Waals surface area (Å²) in [5.41, 5.74) is -1.66. The minimum atomic E-state index is -4.96. The normalized spacial score (nSPS) is 13.9. The Morgan fingerprint density at radius 2 is 1.93 bits per heavy atom. The standard InChI is InChI=1S/C19H20F3N5O2/c1-13-12-15(25-27(13)14-6-4-3-5-7-14)16(28)23-9-8-18(29,19(20,21)22)17-24-10-11-26(17)2/h3-7,10-12,29H,8-9H2,1-2H3,(H,23,28). The lowest BCUT2D eigenvalue weighted by molar-refractivity contribution is -0.272. The second kappa shape index (κ2) is 7.70. The molecule has 0 spiro atoms. The predicted molar refractivity (Wildman–Crippen MR) is 98.4 cm³/mol. The van der Waals surface area contributed by atoms with Crippen LogP contribution >= 0.6 is 0 Å². The van der Waals surface area contributed by atoms with E-state index in [1.165, 1.54) is 25.5 Å². The molecule has 0 bridgehead atoms. The van der Waals surface area contributed by atoms with Crippen molar-refractivity contribution in [1.82, 2.24) is 24.6 Å². The number of alkyl halides is 3. The number of hydrogen-bond acceptors (Lipinski definition) is 4. The van der Waals surface area contributed by atoms with Gasteiger partial charge in [-0.2, -0.15) is 18.3 Å². The molecule has 0 aliphatic rings. The molecule has 3 aromatic rings. The third kappa shape index (κ3) is 4.02. The Labute approximate surface area is 164 Å². The fourth-order valence-corrected chi connectivity index (χ4v) is 3.01. The molecule has 0 aliphatic carbocycles. The van der Waals surface area contributed by atoms with Gasteiger partial charge in [0.05, 0.1) is 5.69 Å². The maximum absolute atomic E-state index is 13.5. The number of amides is 1. The lowest BCUT2D eigenvalue weighted by Crippen LogP contribution is -2.46. The van der Waals surface area contributed by atoms with Gasteiger partial charge in [0.25, 0.3) is 5.91 Å². The number of carbonyl (C=O) groups is 1. The van der Waals surface area contributed by atoms with E-state index in [9.17, 15) is 23.1 Å². The first-order valence-corrected chi connectivity index (χ1v) is 8.80. The Bertz CT molecular complexity index is 997. The van der Waals surface area contributed by atoms with Gasteiger partial charge in [-0.3, -0.25) is 4.79 Å². The largest absolute Gasteiger partial charge is 0.424 e. The molecular formula is C19H20F3N5O2. The Kier molecular flexibility index (Phi) is 5.47. The summed E-state index contributed by atoms with van der Waals surface area (Å²) in [6, 6.07) is 10.7. The van der Waals surface area contributed by atoms with E-state index < -0.39 is 36.5 Å². The summed E-state index contributed by atoms with van der Waals surface area (Å²) in [6.45, 7) is 1.35. The molecule has 0 aliphatic heterocycles. The molecule has 1 unspecified atom stereocenters. The number of imidazole rings is 1. The summed E-state index contributed by atoms with van der Waals surface area (Å²) in [5.74, 6) is -1.17. The van der Waals surface area contributed by atoms with Crippen LogP contribution in [-0.4, -0.2) is 43.1 Å². The van der Waals surface area contributed by atoms with Crippen LogP contribution in [0, 0.1) is 6.92 Å². The van der Waals surface area contributed by atoms with Crippen molar-refractivity contribution in [1.29, 1.82) is 0 Å². The van der Waals surface area contributed by atoms with Crippen LogP contribution in [0.2, 0.25) is 0 Å². The van der Waals surface area contributed by atoms with E-state index in [2.05, 4.69) is 15.4 Å². The van der Waals surface area contributed by atoms with E-state index in [0.29, 0.717) is 5.69 Å². The van der Waals surface area contributed by atoms with Crippen LogP contribution in [0.15, 0.2) is 48.8 Å². The SMILES string of the molecule is Cc1cc(C(=O)NCCC(O)(c2nccn2C)C(F)(F)F)nn1-c1ccccc1. The minimum Gasteiger partial charge on any atom is -0.374 e. The van der Waals surface area contributed by atoms with Gasteiger partial charge in [-0.15, -0.1) is 0 Å². The van der Waals surface area contributed by atoms with Gasteiger partial charge < -0.3 is 15.0 Å². The topological polar surface area (TPSA) is 85.0 Å². The molecule has 0 saturated carbocycles. The Morgan fingerprint density at radius 1 is 1.24 bits per heavy atom. The van der Waals surface area contributed by atoms with E-state index in [1.54, 1.807) is 11.6 Å². The lowest BCUT2D eigenvalue weighted by atomic mass is 9.97. The smallest absolute Gasteiger partial charge is 0.374 e. The molecule has 0 radical (unpaired) electrons. The van der Waals surface area contributed by atoms with Crippen molar-refractivity contribution in [2.75, 3.05) is 6.54 Å². The molecule has 0 saturated heterocycles. The van der Waals surface area contributed by atoms with Gasteiger partial charge >= 0.3 is 6.18 Å². The summed E-state index contributed by atoms with van der Waals surface area (Å²) < 4.78 is 43.2. The molecule has 2 N–H and O–H groups in total. The fraction of sp³-hybridized carbons (Fsp3) is 0.316. The zero-order chi connectivity index (χ0) is 21.2. The first-order valence-electron chi connectivity index (χ1n) is 8.80. The maximum Gasteiger partial charge on any atom is 0.424 e. The third-order valence-electron chi connectivity index (χ3n) is 4.55. The number of benzene rings is 1. The quantitative estimate of drug-likeness (QED) is 0.658. The van der Waals surface area contributed by atoms with Gasteiger partial charge in [-0.05, 0) is 25.1 Å². The highest BCUT2D eigenvalue weighted by atomic mass is 19.4. The minimum absolute atomic E-state index is 0.0684. The summed E-state index contributed by atoms with van der Waals surface area (Å²) in [4.78, 5) is 16.0. The zero-order valence-corrected chi connectivity index (χ0v) is 15.8. The van der Waals surface area contributed by atoms with Crippen molar-refractivity contribution >= 4 is 5.91 Å². The van der Waals surface area contributed by atoms with E-state index in [-0.39, 0.29) is 5.69 Å². The summed E-state index contributed by atoms with van der Waals surface area (Å²) >= 11 is 0. The number of aliphatic hydroxyl groups is 1. The predicted octanol–water partition coefficient (Wildman–Crippen LogP) is 2.48. The molecule has 29 heavy (non-hydrogen) atoms. The first-order chi connectivity index (χ1) is 13.6. The highest BCUT2D eigenvalue weighted by Crippen LogP contribution is 2.40.